The molecule has 0 unspecified atom stereocenters. The molecule has 1 saturated heterocycles. The fourth-order valence-corrected chi connectivity index (χ4v) is 4.16. The Morgan fingerprint density at radius 1 is 1.17 bits per heavy atom. The Balaban J connectivity index is 1.35. The van der Waals surface area contributed by atoms with Gasteiger partial charge in [0.25, 0.3) is 0 Å². The predicted molar refractivity (Wildman–Crippen MR) is 133 cm³/mol. The van der Waals surface area contributed by atoms with E-state index in [1.165, 1.54) is 6.20 Å². The summed E-state index contributed by atoms with van der Waals surface area (Å²) in [7, 11) is 0. The lowest BCUT2D eigenvalue weighted by molar-refractivity contribution is 0.0283. The number of aliphatic hydroxyl groups is 1. The number of nitrogens with zero attached hydrogens (tertiary/aromatic N) is 6. The van der Waals surface area contributed by atoms with Crippen molar-refractivity contribution in [1.82, 2.24) is 19.6 Å². The van der Waals surface area contributed by atoms with Gasteiger partial charge in [0.15, 0.2) is 0 Å². The largest absolute Gasteiger partial charge is 0.489 e. The second-order valence-electron chi connectivity index (χ2n) is 9.02. The number of hydrogen-bond donors (Lipinski definition) is 1. The summed E-state index contributed by atoms with van der Waals surface area (Å²) in [6, 6.07) is 11.7. The molecule has 5 heterocycles. The SMILES string of the molecule is CC(C)(O)COc1cc(-c2ccc(N3CC(Oc4ccnc(Br)c4)C3)nc2)c2c(C#N)cnn2c1. The molecule has 0 radical (unpaired) electrons. The average Bonchev–Trinajstić information content (AvgIpc) is 3.22. The first-order valence-corrected chi connectivity index (χ1v) is 11.8. The fraction of sp³-hybridized carbons (Fsp3) is 0.280. The van der Waals surface area contributed by atoms with Gasteiger partial charge in [-0.05, 0) is 54.0 Å². The van der Waals surface area contributed by atoms with E-state index in [1.54, 1.807) is 37.0 Å². The molecule has 1 N–H and O–H groups in total. The van der Waals surface area contributed by atoms with Gasteiger partial charge in [0.1, 0.15) is 40.7 Å². The molecular formula is C25H23BrN6O3. The number of nitriles is 1. The van der Waals surface area contributed by atoms with Gasteiger partial charge in [0.2, 0.25) is 0 Å². The molecule has 0 atom stereocenters. The number of fused-ring (bicyclic) bond motifs is 1. The molecule has 10 heteroatoms. The van der Waals surface area contributed by atoms with Crippen molar-refractivity contribution < 1.29 is 14.6 Å². The van der Waals surface area contributed by atoms with Crippen LogP contribution in [0.4, 0.5) is 5.82 Å². The molecule has 35 heavy (non-hydrogen) atoms. The summed E-state index contributed by atoms with van der Waals surface area (Å²) < 4.78 is 14.1. The van der Waals surface area contributed by atoms with Crippen molar-refractivity contribution in [1.29, 1.82) is 5.26 Å². The zero-order valence-corrected chi connectivity index (χ0v) is 20.8. The standard InChI is InChI=1S/C25H23BrN6O3/c1-25(2,33)15-34-19-7-21(24-17(9-27)11-30-32(24)14-19)16-3-4-23(29-10-16)31-12-20(13-31)35-18-5-6-28-22(26)8-18/h3-8,10-11,14,20,33H,12-13,15H2,1-2H3. The summed E-state index contributed by atoms with van der Waals surface area (Å²) in [5, 5.41) is 23.9. The van der Waals surface area contributed by atoms with Gasteiger partial charge < -0.3 is 19.5 Å². The monoisotopic (exact) mass is 534 g/mol. The van der Waals surface area contributed by atoms with Gasteiger partial charge >= 0.3 is 0 Å². The highest BCUT2D eigenvalue weighted by atomic mass is 79.9. The van der Waals surface area contributed by atoms with Crippen molar-refractivity contribution in [2.75, 3.05) is 24.6 Å². The topological polar surface area (TPSA) is 109 Å². The highest BCUT2D eigenvalue weighted by molar-refractivity contribution is 9.10. The molecule has 9 nitrogen and oxygen atoms in total. The van der Waals surface area contributed by atoms with Crippen LogP contribution in [0, 0.1) is 11.3 Å². The summed E-state index contributed by atoms with van der Waals surface area (Å²) in [5.74, 6) is 2.17. The van der Waals surface area contributed by atoms with Gasteiger partial charge in [-0.15, -0.1) is 0 Å². The Labute approximate surface area is 210 Å². The first-order valence-electron chi connectivity index (χ1n) is 11.1. The van der Waals surface area contributed by atoms with E-state index in [0.29, 0.717) is 16.8 Å². The maximum absolute atomic E-state index is 10.0. The summed E-state index contributed by atoms with van der Waals surface area (Å²) in [4.78, 5) is 10.9. The summed E-state index contributed by atoms with van der Waals surface area (Å²) in [6.45, 7) is 4.95. The van der Waals surface area contributed by atoms with Gasteiger partial charge in [-0.2, -0.15) is 10.4 Å². The molecule has 178 valence electrons. The van der Waals surface area contributed by atoms with Crippen molar-refractivity contribution in [3.63, 3.8) is 0 Å². The quantitative estimate of drug-likeness (QED) is 0.356. The van der Waals surface area contributed by atoms with Crippen LogP contribution in [0.2, 0.25) is 0 Å². The van der Waals surface area contributed by atoms with E-state index in [-0.39, 0.29) is 12.7 Å². The Morgan fingerprint density at radius 2 is 2.00 bits per heavy atom. The zero-order chi connectivity index (χ0) is 24.6. The summed E-state index contributed by atoms with van der Waals surface area (Å²) >= 11 is 3.36. The Hall–Kier alpha value is -3.68. The molecular weight excluding hydrogens is 512 g/mol. The number of rotatable bonds is 7. The zero-order valence-electron chi connectivity index (χ0n) is 19.2. The first kappa shape index (κ1) is 23.1. The van der Waals surface area contributed by atoms with Crippen LogP contribution in [0.15, 0.2) is 59.7 Å². The van der Waals surface area contributed by atoms with Gasteiger partial charge in [0.05, 0.1) is 42.2 Å². The van der Waals surface area contributed by atoms with Crippen molar-refractivity contribution in [2.24, 2.45) is 0 Å². The number of ether oxygens (including phenoxy) is 2. The highest BCUT2D eigenvalue weighted by Crippen LogP contribution is 2.32. The van der Waals surface area contributed by atoms with E-state index in [9.17, 15) is 10.4 Å². The second-order valence-corrected chi connectivity index (χ2v) is 9.83. The molecule has 0 bridgehead atoms. The lowest BCUT2D eigenvalue weighted by atomic mass is 10.0. The third kappa shape index (κ3) is 5.06. The number of pyridine rings is 3. The molecule has 0 amide bonds. The van der Waals surface area contributed by atoms with E-state index in [4.69, 9.17) is 9.47 Å². The van der Waals surface area contributed by atoms with Crippen LogP contribution in [0.1, 0.15) is 19.4 Å². The highest BCUT2D eigenvalue weighted by Gasteiger charge is 2.29. The normalized spacial score (nSPS) is 14.0. The lowest BCUT2D eigenvalue weighted by Crippen LogP contribution is -2.54. The van der Waals surface area contributed by atoms with Crippen molar-refractivity contribution in [2.45, 2.75) is 25.6 Å². The third-order valence-corrected chi connectivity index (χ3v) is 5.96. The molecule has 1 aliphatic rings. The molecule has 4 aromatic heterocycles. The van der Waals surface area contributed by atoms with E-state index < -0.39 is 5.60 Å². The van der Waals surface area contributed by atoms with Crippen molar-refractivity contribution in [3.05, 3.63) is 65.3 Å². The minimum Gasteiger partial charge on any atom is -0.489 e. The van der Waals surface area contributed by atoms with Crippen LogP contribution in [-0.4, -0.2) is 56.1 Å². The maximum atomic E-state index is 10.0. The second kappa shape index (κ2) is 9.17. The van der Waals surface area contributed by atoms with Crippen LogP contribution < -0.4 is 14.4 Å². The third-order valence-electron chi connectivity index (χ3n) is 5.53. The molecule has 5 rings (SSSR count). The summed E-state index contributed by atoms with van der Waals surface area (Å²) in [5.41, 5.74) is 1.77. The van der Waals surface area contributed by atoms with E-state index >= 15 is 0 Å². The average molecular weight is 535 g/mol. The van der Waals surface area contributed by atoms with E-state index in [0.717, 1.165) is 40.4 Å². The van der Waals surface area contributed by atoms with Crippen LogP contribution in [0.25, 0.3) is 16.6 Å². The molecule has 4 aromatic rings. The smallest absolute Gasteiger partial charge is 0.138 e. The summed E-state index contributed by atoms with van der Waals surface area (Å²) in [6.07, 6.45) is 6.81. The van der Waals surface area contributed by atoms with Gasteiger partial charge in [-0.3, -0.25) is 0 Å². The number of halogens is 1. The van der Waals surface area contributed by atoms with Gasteiger partial charge in [-0.1, -0.05) is 0 Å². The molecule has 0 aromatic carbocycles. The first-order chi connectivity index (χ1) is 16.8. The Morgan fingerprint density at radius 3 is 2.69 bits per heavy atom. The van der Waals surface area contributed by atoms with Crippen LogP contribution >= 0.6 is 15.9 Å². The molecule has 0 spiro atoms. The minimum absolute atomic E-state index is 0.0833. The number of anilines is 1. The maximum Gasteiger partial charge on any atom is 0.138 e. The Kier molecular flexibility index (Phi) is 6.05. The molecule has 1 aliphatic heterocycles. The molecule has 0 saturated carbocycles. The Bertz CT molecular complexity index is 1400. The lowest BCUT2D eigenvalue weighted by Gasteiger charge is -2.39. The minimum atomic E-state index is -0.979. The fourth-order valence-electron chi connectivity index (χ4n) is 3.82. The number of aromatic nitrogens is 4. The van der Waals surface area contributed by atoms with Crippen LogP contribution in [-0.2, 0) is 0 Å². The predicted octanol–water partition coefficient (Wildman–Crippen LogP) is 3.84. The number of hydrogen-bond acceptors (Lipinski definition) is 8. The molecule has 0 aliphatic carbocycles. The van der Waals surface area contributed by atoms with Crippen LogP contribution in [0.5, 0.6) is 11.5 Å². The van der Waals surface area contributed by atoms with Crippen LogP contribution in [0.3, 0.4) is 0 Å². The van der Waals surface area contributed by atoms with Crippen molar-refractivity contribution >= 4 is 27.3 Å². The van der Waals surface area contributed by atoms with E-state index in [1.807, 2.05) is 30.3 Å². The van der Waals surface area contributed by atoms with Gasteiger partial charge in [-0.25, -0.2) is 14.5 Å². The molecule has 1 fully saturated rings. The van der Waals surface area contributed by atoms with E-state index in [2.05, 4.69) is 42.0 Å². The van der Waals surface area contributed by atoms with Crippen molar-refractivity contribution in [3.8, 4) is 28.7 Å². The van der Waals surface area contributed by atoms with Gasteiger partial charge in [0, 0.05) is 29.6 Å².